The Hall–Kier alpha value is -3.06. The number of amidine groups is 1. The average Bonchev–Trinajstić information content (AvgIpc) is 2.97. The SMILES string of the molecule is COc1ccc(/C=C2\N=C(SCC(N)=O)N(Cc3ccccc3)C2=O)cc1. The van der Waals surface area contributed by atoms with Crippen LogP contribution in [0.4, 0.5) is 0 Å². The Morgan fingerprint density at radius 3 is 2.52 bits per heavy atom. The Kier molecular flexibility index (Phi) is 5.93. The third-order valence-corrected chi connectivity index (χ3v) is 4.86. The van der Waals surface area contributed by atoms with Gasteiger partial charge in [0.2, 0.25) is 5.91 Å². The fraction of sp³-hybridized carbons (Fsp3) is 0.150. The first-order chi connectivity index (χ1) is 13.1. The molecule has 2 aromatic carbocycles. The summed E-state index contributed by atoms with van der Waals surface area (Å²) in [6.07, 6.45) is 1.72. The highest BCUT2D eigenvalue weighted by molar-refractivity contribution is 8.14. The first kappa shape index (κ1) is 18.7. The number of hydrogen-bond acceptors (Lipinski definition) is 5. The van der Waals surface area contributed by atoms with Crippen LogP contribution in [0.5, 0.6) is 5.75 Å². The number of nitrogens with zero attached hydrogens (tertiary/aromatic N) is 2. The standard InChI is InChI=1S/C20H19N3O3S/c1-26-16-9-7-14(8-10-16)11-17-19(25)23(12-15-5-3-2-4-6-15)20(22-17)27-13-18(21)24/h2-11H,12-13H2,1H3,(H2,21,24)/b17-11-. The van der Waals surface area contributed by atoms with Gasteiger partial charge >= 0.3 is 0 Å². The van der Waals surface area contributed by atoms with Gasteiger partial charge in [-0.25, -0.2) is 4.99 Å². The third kappa shape index (κ3) is 4.77. The predicted octanol–water partition coefficient (Wildman–Crippen LogP) is 2.65. The Morgan fingerprint density at radius 2 is 1.89 bits per heavy atom. The van der Waals surface area contributed by atoms with Gasteiger partial charge < -0.3 is 10.5 Å². The molecule has 2 aromatic rings. The van der Waals surface area contributed by atoms with E-state index in [0.29, 0.717) is 17.4 Å². The van der Waals surface area contributed by atoms with Crippen molar-refractivity contribution in [3.8, 4) is 5.75 Å². The minimum Gasteiger partial charge on any atom is -0.497 e. The average molecular weight is 381 g/mol. The van der Waals surface area contributed by atoms with E-state index in [1.165, 1.54) is 0 Å². The Morgan fingerprint density at radius 1 is 1.19 bits per heavy atom. The molecule has 0 unspecified atom stereocenters. The van der Waals surface area contributed by atoms with Crippen LogP contribution in [0, 0.1) is 0 Å². The van der Waals surface area contributed by atoms with Gasteiger partial charge in [-0.1, -0.05) is 54.2 Å². The number of thioether (sulfide) groups is 1. The molecule has 1 heterocycles. The molecular formula is C20H19N3O3S. The van der Waals surface area contributed by atoms with E-state index in [0.717, 1.165) is 28.6 Å². The van der Waals surface area contributed by atoms with Crippen LogP contribution in [0.1, 0.15) is 11.1 Å². The topological polar surface area (TPSA) is 85.0 Å². The molecule has 0 atom stereocenters. The van der Waals surface area contributed by atoms with Crippen LogP contribution in [0.15, 0.2) is 65.3 Å². The second-order valence-electron chi connectivity index (χ2n) is 5.83. The minimum atomic E-state index is -0.456. The van der Waals surface area contributed by atoms with Crippen LogP contribution in [-0.2, 0) is 16.1 Å². The van der Waals surface area contributed by atoms with Gasteiger partial charge in [0, 0.05) is 0 Å². The van der Waals surface area contributed by atoms with Gasteiger partial charge in [0.25, 0.3) is 5.91 Å². The quantitative estimate of drug-likeness (QED) is 0.780. The highest BCUT2D eigenvalue weighted by Crippen LogP contribution is 2.26. The Bertz CT molecular complexity index is 892. The van der Waals surface area contributed by atoms with E-state index >= 15 is 0 Å². The lowest BCUT2D eigenvalue weighted by Crippen LogP contribution is -2.31. The van der Waals surface area contributed by atoms with Crippen molar-refractivity contribution >= 4 is 34.8 Å². The van der Waals surface area contributed by atoms with Gasteiger partial charge in [-0.15, -0.1) is 0 Å². The van der Waals surface area contributed by atoms with E-state index in [2.05, 4.69) is 4.99 Å². The summed E-state index contributed by atoms with van der Waals surface area (Å²) in [4.78, 5) is 30.0. The van der Waals surface area contributed by atoms with E-state index in [9.17, 15) is 9.59 Å². The van der Waals surface area contributed by atoms with Gasteiger partial charge in [0.1, 0.15) is 11.4 Å². The summed E-state index contributed by atoms with van der Waals surface area (Å²) in [5.41, 5.74) is 7.38. The van der Waals surface area contributed by atoms with Crippen molar-refractivity contribution in [2.24, 2.45) is 10.7 Å². The molecule has 0 aliphatic carbocycles. The molecule has 138 valence electrons. The Labute approximate surface area is 161 Å². The summed E-state index contributed by atoms with van der Waals surface area (Å²) in [5.74, 6) is 0.138. The summed E-state index contributed by atoms with van der Waals surface area (Å²) < 4.78 is 5.14. The number of primary amides is 1. The monoisotopic (exact) mass is 381 g/mol. The fourth-order valence-corrected chi connectivity index (χ4v) is 3.28. The van der Waals surface area contributed by atoms with Crippen molar-refractivity contribution in [2.45, 2.75) is 6.54 Å². The highest BCUT2D eigenvalue weighted by Gasteiger charge is 2.30. The normalized spacial score (nSPS) is 15.1. The maximum atomic E-state index is 12.9. The van der Waals surface area contributed by atoms with Crippen LogP contribution in [0.2, 0.25) is 0 Å². The summed E-state index contributed by atoms with van der Waals surface area (Å²) in [6.45, 7) is 0.379. The smallest absolute Gasteiger partial charge is 0.278 e. The van der Waals surface area contributed by atoms with Crippen molar-refractivity contribution in [3.63, 3.8) is 0 Å². The van der Waals surface area contributed by atoms with E-state index in [4.69, 9.17) is 10.5 Å². The highest BCUT2D eigenvalue weighted by atomic mass is 32.2. The molecule has 0 bridgehead atoms. The molecular weight excluding hydrogens is 362 g/mol. The molecule has 27 heavy (non-hydrogen) atoms. The zero-order chi connectivity index (χ0) is 19.2. The molecule has 1 aliphatic heterocycles. The van der Waals surface area contributed by atoms with Crippen molar-refractivity contribution in [1.29, 1.82) is 0 Å². The van der Waals surface area contributed by atoms with Gasteiger partial charge in [0.15, 0.2) is 5.17 Å². The molecule has 0 spiro atoms. The van der Waals surface area contributed by atoms with Gasteiger partial charge in [-0.3, -0.25) is 14.5 Å². The summed E-state index contributed by atoms with van der Waals surface area (Å²) in [6, 6.07) is 17.0. The molecule has 2 N–H and O–H groups in total. The van der Waals surface area contributed by atoms with Crippen LogP contribution in [0.3, 0.4) is 0 Å². The maximum Gasteiger partial charge on any atom is 0.278 e. The van der Waals surface area contributed by atoms with E-state index in [1.807, 2.05) is 54.6 Å². The maximum absolute atomic E-state index is 12.9. The zero-order valence-corrected chi connectivity index (χ0v) is 15.6. The van der Waals surface area contributed by atoms with Crippen LogP contribution in [-0.4, -0.2) is 34.7 Å². The molecule has 0 fully saturated rings. The van der Waals surface area contributed by atoms with E-state index in [1.54, 1.807) is 18.1 Å². The molecule has 0 saturated heterocycles. The number of aliphatic imine (C=N–C) groups is 1. The van der Waals surface area contributed by atoms with E-state index < -0.39 is 5.91 Å². The number of methoxy groups -OCH3 is 1. The van der Waals surface area contributed by atoms with Gasteiger partial charge in [-0.2, -0.15) is 0 Å². The number of hydrogen-bond donors (Lipinski definition) is 1. The fourth-order valence-electron chi connectivity index (χ4n) is 2.54. The molecule has 0 saturated carbocycles. The van der Waals surface area contributed by atoms with Crippen LogP contribution >= 0.6 is 11.8 Å². The molecule has 3 rings (SSSR count). The predicted molar refractivity (Wildman–Crippen MR) is 107 cm³/mol. The minimum absolute atomic E-state index is 0.0627. The van der Waals surface area contributed by atoms with Crippen molar-refractivity contribution in [1.82, 2.24) is 4.90 Å². The lowest BCUT2D eigenvalue weighted by Gasteiger charge is -2.17. The molecule has 0 radical (unpaired) electrons. The first-order valence-electron chi connectivity index (χ1n) is 8.28. The largest absolute Gasteiger partial charge is 0.497 e. The second kappa shape index (κ2) is 8.55. The van der Waals surface area contributed by atoms with Crippen molar-refractivity contribution in [3.05, 3.63) is 71.4 Å². The lowest BCUT2D eigenvalue weighted by atomic mass is 10.1. The number of ether oxygens (including phenoxy) is 1. The molecule has 0 aromatic heterocycles. The molecule has 6 nitrogen and oxygen atoms in total. The van der Waals surface area contributed by atoms with E-state index in [-0.39, 0.29) is 11.7 Å². The molecule has 2 amide bonds. The van der Waals surface area contributed by atoms with Gasteiger partial charge in [-0.05, 0) is 29.3 Å². The summed E-state index contributed by atoms with van der Waals surface area (Å²) in [5, 5.41) is 0.474. The number of benzene rings is 2. The van der Waals surface area contributed by atoms with Crippen LogP contribution in [0.25, 0.3) is 6.08 Å². The Balaban J connectivity index is 1.86. The number of carbonyl (C=O) groups is 2. The van der Waals surface area contributed by atoms with Crippen molar-refractivity contribution in [2.75, 3.05) is 12.9 Å². The third-order valence-electron chi connectivity index (χ3n) is 3.86. The lowest BCUT2D eigenvalue weighted by molar-refractivity contribution is -0.123. The molecule has 1 aliphatic rings. The second-order valence-corrected chi connectivity index (χ2v) is 6.77. The van der Waals surface area contributed by atoms with Gasteiger partial charge in [0.05, 0.1) is 19.4 Å². The van der Waals surface area contributed by atoms with Crippen LogP contribution < -0.4 is 10.5 Å². The summed E-state index contributed by atoms with van der Waals surface area (Å²) >= 11 is 1.16. The molecule has 7 heteroatoms. The zero-order valence-electron chi connectivity index (χ0n) is 14.8. The number of amides is 2. The number of rotatable bonds is 6. The number of nitrogens with two attached hydrogens (primary N) is 1. The number of carbonyl (C=O) groups excluding carboxylic acids is 2. The first-order valence-corrected chi connectivity index (χ1v) is 9.26. The summed E-state index contributed by atoms with van der Waals surface area (Å²) in [7, 11) is 1.60. The van der Waals surface area contributed by atoms with Crippen molar-refractivity contribution < 1.29 is 14.3 Å².